The van der Waals surface area contributed by atoms with Crippen molar-refractivity contribution in [1.29, 1.82) is 0 Å². The van der Waals surface area contributed by atoms with E-state index in [1.54, 1.807) is 18.2 Å². The minimum atomic E-state index is -0.743. The quantitative estimate of drug-likeness (QED) is 0.421. The molecule has 1 aliphatic rings. The number of hydrogen-bond donors (Lipinski definition) is 0. The van der Waals surface area contributed by atoms with Crippen molar-refractivity contribution < 1.29 is 4.92 Å². The molecule has 1 unspecified atom stereocenters. The molecule has 11 heavy (non-hydrogen) atoms. The van der Waals surface area contributed by atoms with Crippen LogP contribution in [-0.2, 0) is 0 Å². The number of alkyl halides is 2. The zero-order valence-electron chi connectivity index (χ0n) is 5.41. The topological polar surface area (TPSA) is 43.1 Å². The van der Waals surface area contributed by atoms with Gasteiger partial charge >= 0.3 is 0 Å². The lowest BCUT2D eigenvalue weighted by atomic mass is 10.1. The lowest BCUT2D eigenvalue weighted by Crippen LogP contribution is -2.34. The predicted molar refractivity (Wildman–Crippen MR) is 49.6 cm³/mol. The molecule has 5 heteroatoms. The molecule has 0 aromatic rings. The maximum Gasteiger partial charge on any atom is 0.259 e. The van der Waals surface area contributed by atoms with Crippen molar-refractivity contribution in [3.05, 3.63) is 34.4 Å². The third-order valence-corrected chi connectivity index (χ3v) is 2.81. The minimum absolute atomic E-state index is 0.344. The fraction of sp³-hybridized carbons (Fsp3) is 0.333. The summed E-state index contributed by atoms with van der Waals surface area (Å²) in [7, 11) is 0. The number of hydrogen-bond acceptors (Lipinski definition) is 2. The Bertz CT molecular complexity index is 235. The summed E-state index contributed by atoms with van der Waals surface area (Å²) in [6.45, 7) is 0. The molecule has 1 aliphatic carbocycles. The van der Waals surface area contributed by atoms with Crippen LogP contribution in [0.5, 0.6) is 0 Å². The Hall–Kier alpha value is -0.160. The fourth-order valence-electron chi connectivity index (χ4n) is 0.791. The van der Waals surface area contributed by atoms with Crippen LogP contribution in [0.1, 0.15) is 0 Å². The van der Waals surface area contributed by atoms with E-state index in [1.807, 2.05) is 0 Å². The summed E-state index contributed by atoms with van der Waals surface area (Å²) in [5.74, 6) is 0. The Morgan fingerprint density at radius 1 is 1.45 bits per heavy atom. The van der Waals surface area contributed by atoms with E-state index in [9.17, 15) is 10.1 Å². The van der Waals surface area contributed by atoms with Gasteiger partial charge in [-0.1, -0.05) is 50.1 Å². The summed E-state index contributed by atoms with van der Waals surface area (Å²) in [6.07, 6.45) is 6.64. The molecule has 0 saturated carbocycles. The van der Waals surface area contributed by atoms with Crippen LogP contribution < -0.4 is 0 Å². The zero-order chi connectivity index (χ0) is 8.48. The first-order valence-corrected chi connectivity index (χ1v) is 4.50. The average molecular weight is 283 g/mol. The molecular weight excluding hydrogens is 278 g/mol. The Balaban J connectivity index is 2.89. The smallest absolute Gasteiger partial charge is 0.259 e. The molecule has 0 aliphatic heterocycles. The summed E-state index contributed by atoms with van der Waals surface area (Å²) < 4.78 is -0.724. The number of halogens is 2. The summed E-state index contributed by atoms with van der Waals surface area (Å²) in [5, 5.41) is 10.4. The molecular formula is C6H5Br2NO2. The standard InChI is InChI=1S/C6H5Br2NO2/c7-6(8)4-2-1-3-5(6)9(10)11/h1-5H. The number of nitro groups is 1. The van der Waals surface area contributed by atoms with E-state index in [1.165, 1.54) is 6.08 Å². The van der Waals surface area contributed by atoms with Crippen molar-refractivity contribution in [3.63, 3.8) is 0 Å². The Kier molecular flexibility index (Phi) is 2.49. The number of rotatable bonds is 1. The number of nitrogens with zero attached hydrogens (tertiary/aromatic N) is 1. The van der Waals surface area contributed by atoms with Gasteiger partial charge in [-0.05, 0) is 6.08 Å². The molecule has 0 N–H and O–H groups in total. The van der Waals surface area contributed by atoms with Gasteiger partial charge in [0.05, 0.1) is 0 Å². The van der Waals surface area contributed by atoms with Gasteiger partial charge < -0.3 is 0 Å². The van der Waals surface area contributed by atoms with Gasteiger partial charge in [0.25, 0.3) is 6.04 Å². The second kappa shape index (κ2) is 3.06. The van der Waals surface area contributed by atoms with Crippen LogP contribution in [0, 0.1) is 10.1 Å². The molecule has 3 nitrogen and oxygen atoms in total. The van der Waals surface area contributed by atoms with Crippen molar-refractivity contribution in [1.82, 2.24) is 0 Å². The van der Waals surface area contributed by atoms with Crippen molar-refractivity contribution in [3.8, 4) is 0 Å². The zero-order valence-corrected chi connectivity index (χ0v) is 8.58. The van der Waals surface area contributed by atoms with Crippen LogP contribution in [0.4, 0.5) is 0 Å². The SMILES string of the molecule is O=[N+]([O-])C1C=CC=CC1(Br)Br. The highest BCUT2D eigenvalue weighted by atomic mass is 79.9. The second-order valence-corrected chi connectivity index (χ2v) is 5.84. The van der Waals surface area contributed by atoms with E-state index >= 15 is 0 Å². The van der Waals surface area contributed by atoms with Crippen molar-refractivity contribution in [2.75, 3.05) is 0 Å². The van der Waals surface area contributed by atoms with Crippen LogP contribution in [-0.4, -0.2) is 14.2 Å². The van der Waals surface area contributed by atoms with Gasteiger partial charge in [-0.25, -0.2) is 0 Å². The Morgan fingerprint density at radius 2 is 2.09 bits per heavy atom. The highest BCUT2D eigenvalue weighted by molar-refractivity contribution is 9.25. The lowest BCUT2D eigenvalue weighted by molar-refractivity contribution is -0.508. The summed E-state index contributed by atoms with van der Waals surface area (Å²) >= 11 is 6.39. The fourth-order valence-corrected chi connectivity index (χ4v) is 1.74. The molecule has 0 fully saturated rings. The second-order valence-electron chi connectivity index (χ2n) is 2.15. The van der Waals surface area contributed by atoms with Crippen LogP contribution >= 0.6 is 31.9 Å². The third-order valence-electron chi connectivity index (χ3n) is 1.34. The first-order chi connectivity index (χ1) is 5.04. The Morgan fingerprint density at radius 3 is 2.45 bits per heavy atom. The van der Waals surface area contributed by atoms with E-state index < -0.39 is 9.28 Å². The average Bonchev–Trinajstić information content (AvgIpc) is 1.85. The van der Waals surface area contributed by atoms with E-state index in [-0.39, 0.29) is 4.92 Å². The van der Waals surface area contributed by atoms with E-state index in [0.29, 0.717) is 0 Å². The summed E-state index contributed by atoms with van der Waals surface area (Å²) in [4.78, 5) is 10.1. The van der Waals surface area contributed by atoms with E-state index in [0.717, 1.165) is 0 Å². The van der Waals surface area contributed by atoms with Crippen molar-refractivity contribution >= 4 is 31.9 Å². The molecule has 0 spiro atoms. The van der Waals surface area contributed by atoms with Gasteiger partial charge in [0.15, 0.2) is 3.23 Å². The van der Waals surface area contributed by atoms with Crippen molar-refractivity contribution in [2.24, 2.45) is 0 Å². The van der Waals surface area contributed by atoms with Gasteiger partial charge in [0.2, 0.25) is 0 Å². The maximum atomic E-state index is 10.4. The first-order valence-electron chi connectivity index (χ1n) is 2.91. The molecule has 0 aromatic carbocycles. The molecule has 0 heterocycles. The first kappa shape index (κ1) is 8.93. The molecule has 1 atom stereocenters. The van der Waals surface area contributed by atoms with Gasteiger partial charge in [-0.3, -0.25) is 10.1 Å². The van der Waals surface area contributed by atoms with Crippen LogP contribution in [0.25, 0.3) is 0 Å². The Labute approximate surface area is 80.6 Å². The molecule has 60 valence electrons. The highest BCUT2D eigenvalue weighted by Gasteiger charge is 2.39. The third kappa shape index (κ3) is 1.90. The molecule has 0 radical (unpaired) electrons. The van der Waals surface area contributed by atoms with Crippen LogP contribution in [0.3, 0.4) is 0 Å². The van der Waals surface area contributed by atoms with Gasteiger partial charge in [-0.15, -0.1) is 0 Å². The molecule has 1 rings (SSSR count). The number of allylic oxidation sites excluding steroid dienone is 2. The highest BCUT2D eigenvalue weighted by Crippen LogP contribution is 2.35. The lowest BCUT2D eigenvalue weighted by Gasteiger charge is -2.19. The molecule has 0 aromatic heterocycles. The summed E-state index contributed by atoms with van der Waals surface area (Å²) in [5.41, 5.74) is 0. The maximum absolute atomic E-state index is 10.4. The molecule has 0 amide bonds. The monoisotopic (exact) mass is 281 g/mol. The largest absolute Gasteiger partial charge is 0.264 e. The molecule has 0 bridgehead atoms. The van der Waals surface area contributed by atoms with Crippen LogP contribution in [0.15, 0.2) is 24.3 Å². The normalized spacial score (nSPS) is 26.9. The van der Waals surface area contributed by atoms with Gasteiger partial charge in [-0.2, -0.15) is 0 Å². The molecule has 0 saturated heterocycles. The van der Waals surface area contributed by atoms with Gasteiger partial charge in [0, 0.05) is 4.92 Å². The minimum Gasteiger partial charge on any atom is -0.264 e. The van der Waals surface area contributed by atoms with Crippen LogP contribution in [0.2, 0.25) is 0 Å². The van der Waals surface area contributed by atoms with E-state index in [2.05, 4.69) is 31.9 Å². The van der Waals surface area contributed by atoms with E-state index in [4.69, 9.17) is 0 Å². The predicted octanol–water partition coefficient (Wildman–Crippen LogP) is 2.24. The summed E-state index contributed by atoms with van der Waals surface area (Å²) in [6, 6.07) is -0.743. The van der Waals surface area contributed by atoms with Gasteiger partial charge in [0.1, 0.15) is 0 Å². The van der Waals surface area contributed by atoms with Crippen molar-refractivity contribution in [2.45, 2.75) is 9.28 Å².